The maximum absolute atomic E-state index is 13.0. The summed E-state index contributed by atoms with van der Waals surface area (Å²) in [6, 6.07) is 8.21. The van der Waals surface area contributed by atoms with Gasteiger partial charge in [-0.1, -0.05) is 0 Å². The zero-order valence-electron chi connectivity index (χ0n) is 16.9. The minimum absolute atomic E-state index is 0.0110. The van der Waals surface area contributed by atoms with Crippen LogP contribution in [0.3, 0.4) is 0 Å². The molecule has 3 aromatic rings. The molecule has 1 aromatic heterocycles. The number of hydrogen-bond acceptors (Lipinski definition) is 10. The number of hydrogen-bond donors (Lipinski definition) is 6. The zero-order chi connectivity index (χ0) is 23.2. The fraction of sp³-hybridized carbons (Fsp3) is 0.318. The van der Waals surface area contributed by atoms with Gasteiger partial charge in [-0.15, -0.1) is 0 Å². The highest BCUT2D eigenvalue weighted by molar-refractivity contribution is 5.90. The topological polar surface area (TPSA) is 170 Å². The summed E-state index contributed by atoms with van der Waals surface area (Å²) >= 11 is 0. The first-order chi connectivity index (χ1) is 15.3. The van der Waals surface area contributed by atoms with Crippen molar-refractivity contribution >= 4 is 11.0 Å². The summed E-state index contributed by atoms with van der Waals surface area (Å²) in [6.07, 6.45) is -7.69. The standard InChI is InChI=1S/C22H22O10/c1-30-14-7-12(26)17(22-20(29)19(28)18(27)15(8-23)32-22)21-16(14)11(25)6-13(31-21)9-2-4-10(24)5-3-9/h2-7,15,18-20,22-24,26-29H,8H2,1H3/t15-,18-,19+,20-,22+/m1/s1. The van der Waals surface area contributed by atoms with E-state index in [0.29, 0.717) is 5.56 Å². The maximum Gasteiger partial charge on any atom is 0.197 e. The van der Waals surface area contributed by atoms with Crippen LogP contribution in [0.15, 0.2) is 45.6 Å². The first-order valence-electron chi connectivity index (χ1n) is 9.74. The molecule has 2 heterocycles. The molecule has 6 N–H and O–H groups in total. The predicted molar refractivity (Wildman–Crippen MR) is 111 cm³/mol. The number of aliphatic hydroxyl groups is 4. The average molecular weight is 446 g/mol. The number of methoxy groups -OCH3 is 1. The number of ether oxygens (including phenoxy) is 2. The van der Waals surface area contributed by atoms with Crippen molar-refractivity contribution in [2.24, 2.45) is 0 Å². The molecule has 0 unspecified atom stereocenters. The van der Waals surface area contributed by atoms with Crippen molar-refractivity contribution in [1.82, 2.24) is 0 Å². The van der Waals surface area contributed by atoms with Crippen molar-refractivity contribution in [2.45, 2.75) is 30.5 Å². The Morgan fingerprint density at radius 3 is 2.31 bits per heavy atom. The average Bonchev–Trinajstić information content (AvgIpc) is 2.78. The molecule has 4 rings (SSSR count). The number of phenols is 2. The third kappa shape index (κ3) is 3.57. The molecule has 1 aliphatic rings. The molecule has 1 saturated heterocycles. The molecule has 170 valence electrons. The molecular weight excluding hydrogens is 424 g/mol. The van der Waals surface area contributed by atoms with E-state index >= 15 is 0 Å². The number of fused-ring (bicyclic) bond motifs is 1. The van der Waals surface area contributed by atoms with Crippen LogP contribution in [0.25, 0.3) is 22.3 Å². The second-order valence-electron chi connectivity index (χ2n) is 7.49. The molecule has 0 saturated carbocycles. The van der Waals surface area contributed by atoms with Crippen LogP contribution < -0.4 is 10.2 Å². The Morgan fingerprint density at radius 2 is 1.69 bits per heavy atom. The van der Waals surface area contributed by atoms with Crippen LogP contribution in [0.2, 0.25) is 0 Å². The zero-order valence-corrected chi connectivity index (χ0v) is 16.9. The van der Waals surface area contributed by atoms with E-state index in [1.807, 2.05) is 0 Å². The van der Waals surface area contributed by atoms with E-state index in [0.717, 1.165) is 6.07 Å². The summed E-state index contributed by atoms with van der Waals surface area (Å²) in [5.41, 5.74) is -0.391. The van der Waals surface area contributed by atoms with Crippen LogP contribution in [0.1, 0.15) is 11.7 Å². The van der Waals surface area contributed by atoms with Crippen LogP contribution in [0, 0.1) is 0 Å². The number of aliphatic hydroxyl groups excluding tert-OH is 4. The van der Waals surface area contributed by atoms with Gasteiger partial charge >= 0.3 is 0 Å². The number of benzene rings is 2. The predicted octanol–water partition coefficient (Wildman–Crippen LogP) is 0.395. The summed E-state index contributed by atoms with van der Waals surface area (Å²) in [5.74, 6) is -0.333. The molecule has 5 atom stereocenters. The smallest absolute Gasteiger partial charge is 0.197 e. The van der Waals surface area contributed by atoms with Gasteiger partial charge in [-0.05, 0) is 24.3 Å². The molecule has 0 radical (unpaired) electrons. The third-order valence-corrected chi connectivity index (χ3v) is 5.53. The van der Waals surface area contributed by atoms with Crippen molar-refractivity contribution in [2.75, 3.05) is 13.7 Å². The Hall–Kier alpha value is -3.15. The van der Waals surface area contributed by atoms with Gasteiger partial charge in [0.1, 0.15) is 58.9 Å². The van der Waals surface area contributed by atoms with Crippen molar-refractivity contribution in [3.05, 3.63) is 52.2 Å². The molecule has 0 bridgehead atoms. The fourth-order valence-corrected chi connectivity index (χ4v) is 3.85. The summed E-state index contributed by atoms with van der Waals surface area (Å²) < 4.78 is 16.7. The minimum Gasteiger partial charge on any atom is -0.508 e. The van der Waals surface area contributed by atoms with Gasteiger partial charge in [0.05, 0.1) is 19.3 Å². The Kier molecular flexibility index (Phi) is 5.80. The van der Waals surface area contributed by atoms with Gasteiger partial charge in [0, 0.05) is 17.7 Å². The quantitative estimate of drug-likeness (QED) is 0.330. The summed E-state index contributed by atoms with van der Waals surface area (Å²) in [4.78, 5) is 13.0. The van der Waals surface area contributed by atoms with E-state index in [4.69, 9.17) is 13.9 Å². The van der Waals surface area contributed by atoms with Crippen LogP contribution >= 0.6 is 0 Å². The second kappa shape index (κ2) is 8.41. The van der Waals surface area contributed by atoms with Crippen LogP contribution in [0.4, 0.5) is 0 Å². The third-order valence-electron chi connectivity index (χ3n) is 5.53. The largest absolute Gasteiger partial charge is 0.508 e. The van der Waals surface area contributed by atoms with Gasteiger partial charge in [0.2, 0.25) is 0 Å². The summed E-state index contributed by atoms with van der Waals surface area (Å²) in [5, 5.41) is 60.5. The Morgan fingerprint density at radius 1 is 1.00 bits per heavy atom. The van der Waals surface area contributed by atoms with Crippen LogP contribution in [0.5, 0.6) is 17.2 Å². The molecule has 1 fully saturated rings. The highest BCUT2D eigenvalue weighted by Gasteiger charge is 2.46. The van der Waals surface area contributed by atoms with Gasteiger partial charge in [0.15, 0.2) is 11.0 Å². The van der Waals surface area contributed by atoms with Gasteiger partial charge in [0.25, 0.3) is 0 Å². The lowest BCUT2D eigenvalue weighted by atomic mass is 9.89. The van der Waals surface area contributed by atoms with Gasteiger partial charge < -0.3 is 44.5 Å². The van der Waals surface area contributed by atoms with Gasteiger partial charge in [-0.25, -0.2) is 0 Å². The van der Waals surface area contributed by atoms with Crippen molar-refractivity contribution in [3.63, 3.8) is 0 Å². The Bertz CT molecular complexity index is 1180. The lowest BCUT2D eigenvalue weighted by molar-refractivity contribution is -0.231. The van der Waals surface area contributed by atoms with E-state index in [1.165, 1.54) is 37.4 Å². The van der Waals surface area contributed by atoms with Crippen LogP contribution in [-0.4, -0.2) is 68.8 Å². The summed E-state index contributed by atoms with van der Waals surface area (Å²) in [6.45, 7) is -0.668. The molecule has 1 aliphatic heterocycles. The normalized spacial score (nSPS) is 25.7. The van der Waals surface area contributed by atoms with E-state index in [2.05, 4.69) is 0 Å². The van der Waals surface area contributed by atoms with Crippen molar-refractivity contribution in [3.8, 4) is 28.6 Å². The van der Waals surface area contributed by atoms with Crippen molar-refractivity contribution < 1.29 is 44.5 Å². The SMILES string of the molecule is COc1cc(O)c([C@@H]2O[C@H](CO)[C@@H](O)[C@H](O)[C@H]2O)c2oc(-c3ccc(O)cc3)cc(=O)c12. The highest BCUT2D eigenvalue weighted by atomic mass is 16.5. The summed E-state index contributed by atoms with van der Waals surface area (Å²) in [7, 11) is 1.30. The van der Waals surface area contributed by atoms with Crippen molar-refractivity contribution in [1.29, 1.82) is 0 Å². The number of rotatable bonds is 4. The van der Waals surface area contributed by atoms with Gasteiger partial charge in [-0.3, -0.25) is 4.79 Å². The molecule has 0 amide bonds. The highest BCUT2D eigenvalue weighted by Crippen LogP contribution is 2.43. The van der Waals surface area contributed by atoms with E-state index in [1.54, 1.807) is 0 Å². The lowest BCUT2D eigenvalue weighted by Crippen LogP contribution is -2.55. The molecule has 10 heteroatoms. The van der Waals surface area contributed by atoms with E-state index < -0.39 is 48.3 Å². The monoisotopic (exact) mass is 446 g/mol. The van der Waals surface area contributed by atoms with E-state index in [-0.39, 0.29) is 33.8 Å². The number of aromatic hydroxyl groups is 2. The molecular formula is C22H22O10. The van der Waals surface area contributed by atoms with Gasteiger partial charge in [-0.2, -0.15) is 0 Å². The first kappa shape index (κ1) is 22.1. The second-order valence-corrected chi connectivity index (χ2v) is 7.49. The minimum atomic E-state index is -1.71. The molecule has 2 aromatic carbocycles. The Balaban J connectivity index is 1.98. The molecule has 32 heavy (non-hydrogen) atoms. The first-order valence-corrected chi connectivity index (χ1v) is 9.74. The van der Waals surface area contributed by atoms with Crippen LogP contribution in [-0.2, 0) is 4.74 Å². The molecule has 0 aliphatic carbocycles. The fourth-order valence-electron chi connectivity index (χ4n) is 3.85. The Labute approximate surface area is 181 Å². The molecule has 0 spiro atoms. The maximum atomic E-state index is 13.0. The van der Waals surface area contributed by atoms with E-state index in [9.17, 15) is 35.4 Å². The lowest BCUT2D eigenvalue weighted by Gasteiger charge is -2.40. The molecule has 10 nitrogen and oxygen atoms in total. The number of phenolic OH excluding ortho intramolecular Hbond substituents is 2.